The van der Waals surface area contributed by atoms with Gasteiger partial charge in [0.1, 0.15) is 0 Å². The second-order valence-electron chi connectivity index (χ2n) is 3.15. The normalized spacial score (nSPS) is 9.60. The smallest absolute Gasteiger partial charge is 0.330 e. The van der Waals surface area contributed by atoms with Crippen LogP contribution >= 0.6 is 0 Å². The maximum absolute atomic E-state index is 10.6. The predicted molar refractivity (Wildman–Crippen MR) is 60.6 cm³/mol. The van der Waals surface area contributed by atoms with Gasteiger partial charge in [0, 0.05) is 12.7 Å². The minimum Gasteiger partial charge on any atom is -0.463 e. The molecule has 3 nitrogen and oxygen atoms in total. The molecule has 0 atom stereocenters. The van der Waals surface area contributed by atoms with Crippen LogP contribution in [0.15, 0.2) is 25.3 Å². The Balaban J connectivity index is 3.01. The number of esters is 1. The van der Waals surface area contributed by atoms with Gasteiger partial charge in [-0.3, -0.25) is 0 Å². The predicted octanol–water partition coefficient (Wildman–Crippen LogP) is 2.48. The summed E-state index contributed by atoms with van der Waals surface area (Å²) >= 11 is 0. The van der Waals surface area contributed by atoms with E-state index in [0.29, 0.717) is 13.2 Å². The van der Waals surface area contributed by atoms with E-state index in [1.54, 1.807) is 6.08 Å². The summed E-state index contributed by atoms with van der Waals surface area (Å²) in [4.78, 5) is 10.6. The molecule has 0 heterocycles. The Labute approximate surface area is 91.8 Å². The highest BCUT2D eigenvalue weighted by atomic mass is 16.5. The number of carbonyl (C=O) groups is 1. The lowest BCUT2D eigenvalue weighted by Crippen LogP contribution is -2.01. The van der Waals surface area contributed by atoms with Gasteiger partial charge < -0.3 is 9.47 Å². The van der Waals surface area contributed by atoms with Crippen molar-refractivity contribution in [3.63, 3.8) is 0 Å². The number of unbranched alkanes of at least 4 members (excludes halogenated alkanes) is 3. The zero-order chi connectivity index (χ0) is 11.4. The summed E-state index contributed by atoms with van der Waals surface area (Å²) in [5.41, 5.74) is 0. The molecule has 0 aliphatic heterocycles. The highest BCUT2D eigenvalue weighted by Crippen LogP contribution is 2.00. The molecule has 0 aliphatic carbocycles. The molecular formula is C12H20O3. The molecule has 86 valence electrons. The SMILES string of the molecule is C=CCOCCCCCCOC(=O)C=C. The van der Waals surface area contributed by atoms with E-state index in [4.69, 9.17) is 9.47 Å². The van der Waals surface area contributed by atoms with Crippen LogP contribution in [-0.4, -0.2) is 25.8 Å². The van der Waals surface area contributed by atoms with Gasteiger partial charge in [0.05, 0.1) is 13.2 Å². The largest absolute Gasteiger partial charge is 0.463 e. The van der Waals surface area contributed by atoms with Crippen molar-refractivity contribution in [3.05, 3.63) is 25.3 Å². The molecule has 3 heteroatoms. The first-order valence-corrected chi connectivity index (χ1v) is 5.29. The summed E-state index contributed by atoms with van der Waals surface area (Å²) in [6, 6.07) is 0. The number of hydrogen-bond donors (Lipinski definition) is 0. The Kier molecular flexibility index (Phi) is 10.2. The van der Waals surface area contributed by atoms with Crippen molar-refractivity contribution < 1.29 is 14.3 Å². The highest BCUT2D eigenvalue weighted by Gasteiger charge is 1.95. The van der Waals surface area contributed by atoms with E-state index < -0.39 is 0 Å². The van der Waals surface area contributed by atoms with Gasteiger partial charge in [0.15, 0.2) is 0 Å². The van der Waals surface area contributed by atoms with Gasteiger partial charge in [0.25, 0.3) is 0 Å². The first kappa shape index (κ1) is 13.9. The van der Waals surface area contributed by atoms with Gasteiger partial charge in [-0.1, -0.05) is 19.1 Å². The Morgan fingerprint density at radius 1 is 1.07 bits per heavy atom. The van der Waals surface area contributed by atoms with Gasteiger partial charge in [-0.25, -0.2) is 4.79 Å². The van der Waals surface area contributed by atoms with Crippen molar-refractivity contribution >= 4 is 5.97 Å². The number of hydrogen-bond acceptors (Lipinski definition) is 3. The molecule has 0 amide bonds. The van der Waals surface area contributed by atoms with Gasteiger partial charge >= 0.3 is 5.97 Å². The van der Waals surface area contributed by atoms with Crippen molar-refractivity contribution in [2.24, 2.45) is 0 Å². The van der Waals surface area contributed by atoms with Crippen LogP contribution < -0.4 is 0 Å². The minimum atomic E-state index is -0.343. The number of carbonyl (C=O) groups excluding carboxylic acids is 1. The molecule has 0 saturated heterocycles. The van der Waals surface area contributed by atoms with Crippen LogP contribution in [0.2, 0.25) is 0 Å². The lowest BCUT2D eigenvalue weighted by molar-refractivity contribution is -0.137. The molecule has 0 spiro atoms. The minimum absolute atomic E-state index is 0.343. The zero-order valence-corrected chi connectivity index (χ0v) is 9.24. The second kappa shape index (κ2) is 11.0. The summed E-state index contributed by atoms with van der Waals surface area (Å²) in [5.74, 6) is -0.343. The van der Waals surface area contributed by atoms with E-state index in [0.717, 1.165) is 32.3 Å². The molecule has 15 heavy (non-hydrogen) atoms. The zero-order valence-electron chi connectivity index (χ0n) is 9.24. The molecule has 0 aromatic heterocycles. The number of rotatable bonds is 10. The van der Waals surface area contributed by atoms with Gasteiger partial charge in [-0.05, 0) is 19.3 Å². The van der Waals surface area contributed by atoms with Crippen LogP contribution in [-0.2, 0) is 14.3 Å². The van der Waals surface area contributed by atoms with Crippen molar-refractivity contribution in [3.8, 4) is 0 Å². The standard InChI is InChI=1S/C12H20O3/c1-3-9-14-10-7-5-6-8-11-15-12(13)4-2/h3-4H,1-2,5-11H2. The van der Waals surface area contributed by atoms with E-state index in [2.05, 4.69) is 13.2 Å². The van der Waals surface area contributed by atoms with Crippen molar-refractivity contribution in [2.75, 3.05) is 19.8 Å². The fraction of sp³-hybridized carbons (Fsp3) is 0.583. The molecule has 0 N–H and O–H groups in total. The Morgan fingerprint density at radius 3 is 2.33 bits per heavy atom. The van der Waals surface area contributed by atoms with Crippen LogP contribution in [0, 0.1) is 0 Å². The van der Waals surface area contributed by atoms with E-state index in [9.17, 15) is 4.79 Å². The maximum atomic E-state index is 10.6. The summed E-state index contributed by atoms with van der Waals surface area (Å²) < 4.78 is 10.1. The molecule has 0 radical (unpaired) electrons. The molecule has 0 bridgehead atoms. The lowest BCUT2D eigenvalue weighted by atomic mass is 10.2. The molecule has 0 fully saturated rings. The highest BCUT2D eigenvalue weighted by molar-refractivity contribution is 5.81. The lowest BCUT2D eigenvalue weighted by Gasteiger charge is -2.02. The van der Waals surface area contributed by atoms with Gasteiger partial charge in [-0.15, -0.1) is 6.58 Å². The van der Waals surface area contributed by atoms with Crippen LogP contribution in [0.3, 0.4) is 0 Å². The summed E-state index contributed by atoms with van der Waals surface area (Å²) in [6.45, 7) is 8.76. The van der Waals surface area contributed by atoms with Crippen LogP contribution in [0.1, 0.15) is 25.7 Å². The second-order valence-corrected chi connectivity index (χ2v) is 3.15. The summed E-state index contributed by atoms with van der Waals surface area (Å²) in [5, 5.41) is 0. The van der Waals surface area contributed by atoms with Gasteiger partial charge in [0.2, 0.25) is 0 Å². The third kappa shape index (κ3) is 10.8. The third-order valence-electron chi connectivity index (χ3n) is 1.83. The van der Waals surface area contributed by atoms with E-state index >= 15 is 0 Å². The van der Waals surface area contributed by atoms with Gasteiger partial charge in [-0.2, -0.15) is 0 Å². The maximum Gasteiger partial charge on any atom is 0.330 e. The van der Waals surface area contributed by atoms with E-state index in [1.165, 1.54) is 6.08 Å². The topological polar surface area (TPSA) is 35.5 Å². The fourth-order valence-corrected chi connectivity index (χ4v) is 1.06. The molecule has 0 saturated carbocycles. The molecule has 0 aliphatic rings. The molecule has 0 rings (SSSR count). The van der Waals surface area contributed by atoms with Crippen molar-refractivity contribution in [1.82, 2.24) is 0 Å². The monoisotopic (exact) mass is 212 g/mol. The first-order chi connectivity index (χ1) is 7.31. The number of ether oxygens (including phenoxy) is 2. The average Bonchev–Trinajstić information content (AvgIpc) is 2.26. The summed E-state index contributed by atoms with van der Waals surface area (Å²) in [6.07, 6.45) is 7.03. The Hall–Kier alpha value is -1.09. The molecule has 0 aromatic carbocycles. The Bertz CT molecular complexity index is 187. The molecule has 0 unspecified atom stereocenters. The quantitative estimate of drug-likeness (QED) is 0.241. The van der Waals surface area contributed by atoms with Crippen LogP contribution in [0.5, 0.6) is 0 Å². The van der Waals surface area contributed by atoms with E-state index in [-0.39, 0.29) is 5.97 Å². The van der Waals surface area contributed by atoms with Crippen molar-refractivity contribution in [1.29, 1.82) is 0 Å². The Morgan fingerprint density at radius 2 is 1.73 bits per heavy atom. The average molecular weight is 212 g/mol. The first-order valence-electron chi connectivity index (χ1n) is 5.29. The van der Waals surface area contributed by atoms with Crippen LogP contribution in [0.4, 0.5) is 0 Å². The van der Waals surface area contributed by atoms with E-state index in [1.807, 2.05) is 0 Å². The molecular weight excluding hydrogens is 192 g/mol. The molecule has 0 aromatic rings. The van der Waals surface area contributed by atoms with Crippen molar-refractivity contribution in [2.45, 2.75) is 25.7 Å². The fourth-order valence-electron chi connectivity index (χ4n) is 1.06. The summed E-state index contributed by atoms with van der Waals surface area (Å²) in [7, 11) is 0. The third-order valence-corrected chi connectivity index (χ3v) is 1.83. The van der Waals surface area contributed by atoms with Crippen LogP contribution in [0.25, 0.3) is 0 Å².